The number of ether oxygens (including phenoxy) is 1. The number of hydrogen-bond acceptors (Lipinski definition) is 3. The number of rotatable bonds is 1. The highest BCUT2D eigenvalue weighted by atomic mass is 16.5. The van der Waals surface area contributed by atoms with Crippen molar-refractivity contribution < 1.29 is 4.74 Å². The zero-order valence-corrected chi connectivity index (χ0v) is 11.4. The van der Waals surface area contributed by atoms with Crippen molar-refractivity contribution in [2.24, 2.45) is 0 Å². The number of nitrogens with zero attached hydrogens (tertiary/aromatic N) is 2. The zero-order chi connectivity index (χ0) is 12.7. The molecule has 0 saturated carbocycles. The molecule has 0 amide bonds. The van der Waals surface area contributed by atoms with Gasteiger partial charge in [-0.25, -0.2) is 0 Å². The Labute approximate surface area is 115 Å². The summed E-state index contributed by atoms with van der Waals surface area (Å²) in [5, 5.41) is 0. The lowest BCUT2D eigenvalue weighted by atomic mass is 10.1. The molecule has 0 N–H and O–H groups in total. The third kappa shape index (κ3) is 2.05. The van der Waals surface area contributed by atoms with E-state index in [2.05, 4.69) is 34.1 Å². The number of fused-ring (bicyclic) bond motifs is 2. The van der Waals surface area contributed by atoms with E-state index in [1.54, 1.807) is 0 Å². The summed E-state index contributed by atoms with van der Waals surface area (Å²) in [7, 11) is 0. The van der Waals surface area contributed by atoms with E-state index in [4.69, 9.17) is 4.74 Å². The molecule has 0 radical (unpaired) electrons. The molecule has 2 fully saturated rings. The SMILES string of the molecule is c1ccc2c(c1)OCC2N1CCCN2CCCC2C1. The van der Waals surface area contributed by atoms with Crippen molar-refractivity contribution in [2.45, 2.75) is 31.3 Å². The van der Waals surface area contributed by atoms with E-state index < -0.39 is 0 Å². The molecular formula is C16H22N2O. The van der Waals surface area contributed by atoms with Crippen LogP contribution in [-0.2, 0) is 0 Å². The lowest BCUT2D eigenvalue weighted by Crippen LogP contribution is -2.38. The van der Waals surface area contributed by atoms with Gasteiger partial charge in [0.25, 0.3) is 0 Å². The first kappa shape index (κ1) is 11.7. The van der Waals surface area contributed by atoms with Gasteiger partial charge in [-0.2, -0.15) is 0 Å². The van der Waals surface area contributed by atoms with Gasteiger partial charge >= 0.3 is 0 Å². The second kappa shape index (κ2) is 4.80. The molecule has 3 aliphatic rings. The van der Waals surface area contributed by atoms with Gasteiger partial charge in [-0.1, -0.05) is 18.2 Å². The molecule has 19 heavy (non-hydrogen) atoms. The minimum Gasteiger partial charge on any atom is -0.491 e. The lowest BCUT2D eigenvalue weighted by Gasteiger charge is -2.29. The van der Waals surface area contributed by atoms with Crippen LogP contribution in [0.1, 0.15) is 30.9 Å². The summed E-state index contributed by atoms with van der Waals surface area (Å²) in [6.07, 6.45) is 4.07. The van der Waals surface area contributed by atoms with E-state index in [9.17, 15) is 0 Å². The fourth-order valence-electron chi connectivity index (χ4n) is 3.97. The van der Waals surface area contributed by atoms with Crippen LogP contribution in [0.15, 0.2) is 24.3 Å². The number of para-hydroxylation sites is 1. The summed E-state index contributed by atoms with van der Waals surface area (Å²) >= 11 is 0. The normalized spacial score (nSPS) is 31.6. The molecule has 0 aliphatic carbocycles. The van der Waals surface area contributed by atoms with Gasteiger partial charge in [-0.15, -0.1) is 0 Å². The van der Waals surface area contributed by atoms with Crippen LogP contribution in [0.25, 0.3) is 0 Å². The average molecular weight is 258 g/mol. The number of benzene rings is 1. The number of hydrogen-bond donors (Lipinski definition) is 0. The van der Waals surface area contributed by atoms with Gasteiger partial charge in [0.1, 0.15) is 12.4 Å². The van der Waals surface area contributed by atoms with Crippen LogP contribution >= 0.6 is 0 Å². The van der Waals surface area contributed by atoms with Crippen molar-refractivity contribution in [1.29, 1.82) is 0 Å². The van der Waals surface area contributed by atoms with Crippen LogP contribution in [0.4, 0.5) is 0 Å². The first-order chi connectivity index (χ1) is 9.42. The van der Waals surface area contributed by atoms with Gasteiger partial charge in [0.15, 0.2) is 0 Å². The van der Waals surface area contributed by atoms with Crippen LogP contribution in [0.5, 0.6) is 5.75 Å². The lowest BCUT2D eigenvalue weighted by molar-refractivity contribution is 0.148. The summed E-state index contributed by atoms with van der Waals surface area (Å²) in [6, 6.07) is 9.83. The molecule has 3 nitrogen and oxygen atoms in total. The molecular weight excluding hydrogens is 236 g/mol. The van der Waals surface area contributed by atoms with Crippen molar-refractivity contribution >= 4 is 0 Å². The van der Waals surface area contributed by atoms with E-state index in [1.807, 2.05) is 0 Å². The minimum atomic E-state index is 0.483. The Bertz CT molecular complexity index is 462. The Kier molecular flexibility index (Phi) is 2.97. The Morgan fingerprint density at radius 3 is 2.84 bits per heavy atom. The van der Waals surface area contributed by atoms with Crippen LogP contribution in [-0.4, -0.2) is 48.6 Å². The second-order valence-electron chi connectivity index (χ2n) is 6.05. The molecule has 4 rings (SSSR count). The molecule has 0 aromatic heterocycles. The molecule has 0 spiro atoms. The van der Waals surface area contributed by atoms with E-state index >= 15 is 0 Å². The fourth-order valence-corrected chi connectivity index (χ4v) is 3.97. The molecule has 2 unspecified atom stereocenters. The standard InChI is InChI=1S/C16H22N2O/c1-2-7-16-14(6-1)15(12-19-16)18-10-4-9-17-8-3-5-13(17)11-18/h1-2,6-7,13,15H,3-5,8-12H2. The summed E-state index contributed by atoms with van der Waals surface area (Å²) in [5.74, 6) is 1.10. The van der Waals surface area contributed by atoms with Crippen molar-refractivity contribution in [3.8, 4) is 5.75 Å². The van der Waals surface area contributed by atoms with Gasteiger partial charge in [-0.3, -0.25) is 9.80 Å². The van der Waals surface area contributed by atoms with Crippen LogP contribution < -0.4 is 4.74 Å². The molecule has 3 heterocycles. The second-order valence-corrected chi connectivity index (χ2v) is 6.05. The van der Waals surface area contributed by atoms with Gasteiger partial charge in [0.2, 0.25) is 0 Å². The van der Waals surface area contributed by atoms with Gasteiger partial charge in [0, 0.05) is 24.7 Å². The molecule has 1 aromatic rings. The van der Waals surface area contributed by atoms with Crippen LogP contribution in [0.2, 0.25) is 0 Å². The predicted molar refractivity (Wildman–Crippen MR) is 75.5 cm³/mol. The van der Waals surface area contributed by atoms with E-state index in [1.165, 1.54) is 51.0 Å². The van der Waals surface area contributed by atoms with Crippen LogP contribution in [0, 0.1) is 0 Å². The third-order valence-electron chi connectivity index (χ3n) is 4.95. The first-order valence-corrected chi connectivity index (χ1v) is 7.61. The Balaban J connectivity index is 1.56. The average Bonchev–Trinajstić information content (AvgIpc) is 3.01. The Morgan fingerprint density at radius 1 is 1.00 bits per heavy atom. The molecule has 3 heteroatoms. The van der Waals surface area contributed by atoms with Crippen molar-refractivity contribution in [2.75, 3.05) is 32.8 Å². The summed E-state index contributed by atoms with van der Waals surface area (Å²) in [5.41, 5.74) is 1.40. The quantitative estimate of drug-likeness (QED) is 0.768. The van der Waals surface area contributed by atoms with Crippen molar-refractivity contribution in [3.05, 3.63) is 29.8 Å². The first-order valence-electron chi connectivity index (χ1n) is 7.61. The zero-order valence-electron chi connectivity index (χ0n) is 11.4. The predicted octanol–water partition coefficient (Wildman–Crippen LogP) is 2.29. The molecule has 3 aliphatic heterocycles. The van der Waals surface area contributed by atoms with Gasteiger partial charge < -0.3 is 4.74 Å². The van der Waals surface area contributed by atoms with Crippen molar-refractivity contribution in [3.63, 3.8) is 0 Å². The monoisotopic (exact) mass is 258 g/mol. The van der Waals surface area contributed by atoms with E-state index in [0.717, 1.165) is 18.4 Å². The topological polar surface area (TPSA) is 15.7 Å². The highest BCUT2D eigenvalue weighted by Crippen LogP contribution is 2.37. The summed E-state index contributed by atoms with van der Waals surface area (Å²) in [4.78, 5) is 5.36. The molecule has 1 aromatic carbocycles. The van der Waals surface area contributed by atoms with Crippen molar-refractivity contribution in [1.82, 2.24) is 9.80 Å². The summed E-state index contributed by atoms with van der Waals surface area (Å²) < 4.78 is 5.86. The minimum absolute atomic E-state index is 0.483. The molecule has 2 atom stereocenters. The third-order valence-corrected chi connectivity index (χ3v) is 4.95. The maximum absolute atomic E-state index is 5.86. The largest absolute Gasteiger partial charge is 0.491 e. The molecule has 2 saturated heterocycles. The molecule has 0 bridgehead atoms. The van der Waals surface area contributed by atoms with E-state index in [0.29, 0.717) is 6.04 Å². The highest BCUT2D eigenvalue weighted by Gasteiger charge is 2.35. The molecule has 102 valence electrons. The maximum Gasteiger partial charge on any atom is 0.124 e. The summed E-state index contributed by atoms with van der Waals surface area (Å²) in [6.45, 7) is 5.89. The highest BCUT2D eigenvalue weighted by molar-refractivity contribution is 5.39. The maximum atomic E-state index is 5.86. The fraction of sp³-hybridized carbons (Fsp3) is 0.625. The van der Waals surface area contributed by atoms with Gasteiger partial charge in [0.05, 0.1) is 6.04 Å². The Hall–Kier alpha value is -1.06. The Morgan fingerprint density at radius 2 is 1.84 bits per heavy atom. The van der Waals surface area contributed by atoms with Gasteiger partial charge in [-0.05, 0) is 38.4 Å². The van der Waals surface area contributed by atoms with Crippen LogP contribution in [0.3, 0.4) is 0 Å². The smallest absolute Gasteiger partial charge is 0.124 e. The van der Waals surface area contributed by atoms with E-state index in [-0.39, 0.29) is 0 Å².